The van der Waals surface area contributed by atoms with E-state index < -0.39 is 6.03 Å². The van der Waals surface area contributed by atoms with Crippen LogP contribution in [0.15, 0.2) is 42.7 Å². The molecule has 3 aromatic rings. The average molecular weight is 605 g/mol. The summed E-state index contributed by atoms with van der Waals surface area (Å²) in [6.45, 7) is 6.18. The summed E-state index contributed by atoms with van der Waals surface area (Å²) in [6.07, 6.45) is 2.35. The SMILES string of the molecule is COc1cc(OC)c(Cl)c(NC(=O)N(C)c2cc(Nc3ccc(OCCCN4CCN(C)CC4)cc3)ncn2)c1Cl. The Labute approximate surface area is 250 Å². The fourth-order valence-electron chi connectivity index (χ4n) is 4.22. The highest BCUT2D eigenvalue weighted by Crippen LogP contribution is 2.44. The lowest BCUT2D eigenvalue weighted by molar-refractivity contribution is 0.145. The number of benzene rings is 2. The van der Waals surface area contributed by atoms with Gasteiger partial charge in [0.2, 0.25) is 0 Å². The van der Waals surface area contributed by atoms with E-state index in [1.165, 1.54) is 25.4 Å². The number of hydrogen-bond donors (Lipinski definition) is 2. The molecule has 0 atom stereocenters. The Morgan fingerprint density at radius 3 is 2.29 bits per heavy atom. The van der Waals surface area contributed by atoms with Gasteiger partial charge in [-0.25, -0.2) is 14.8 Å². The number of rotatable bonds is 11. The molecule has 2 heterocycles. The molecule has 1 saturated heterocycles. The van der Waals surface area contributed by atoms with Crippen molar-refractivity contribution in [2.75, 3.05) is 83.2 Å². The van der Waals surface area contributed by atoms with E-state index in [1.54, 1.807) is 19.2 Å². The molecular weight excluding hydrogens is 569 g/mol. The van der Waals surface area contributed by atoms with Crippen molar-refractivity contribution in [1.29, 1.82) is 0 Å². The number of likely N-dealkylation sites (N-methyl/N-ethyl adjacent to an activating group) is 1. The minimum Gasteiger partial charge on any atom is -0.495 e. The van der Waals surface area contributed by atoms with Gasteiger partial charge < -0.3 is 34.6 Å². The molecular formula is C28H35Cl2N7O4. The maximum Gasteiger partial charge on any atom is 0.327 e. The van der Waals surface area contributed by atoms with Crippen LogP contribution in [0, 0.1) is 0 Å². The second kappa shape index (κ2) is 14.4. The number of piperazine rings is 1. The van der Waals surface area contributed by atoms with Crippen LogP contribution < -0.4 is 29.7 Å². The van der Waals surface area contributed by atoms with Crippen LogP contribution in [-0.2, 0) is 0 Å². The lowest BCUT2D eigenvalue weighted by Gasteiger charge is -2.32. The fraction of sp³-hybridized carbons (Fsp3) is 0.393. The number of urea groups is 1. The van der Waals surface area contributed by atoms with Crippen molar-refractivity contribution in [3.63, 3.8) is 0 Å². The van der Waals surface area contributed by atoms with Crippen LogP contribution in [0.3, 0.4) is 0 Å². The van der Waals surface area contributed by atoms with Crippen LogP contribution in [0.5, 0.6) is 17.2 Å². The number of amides is 2. The van der Waals surface area contributed by atoms with Gasteiger partial charge in [0.15, 0.2) is 0 Å². The van der Waals surface area contributed by atoms with Crippen molar-refractivity contribution in [2.24, 2.45) is 0 Å². The summed E-state index contributed by atoms with van der Waals surface area (Å²) in [6, 6.07) is 10.3. The summed E-state index contributed by atoms with van der Waals surface area (Å²) in [4.78, 5) is 27.7. The summed E-state index contributed by atoms with van der Waals surface area (Å²) in [7, 11) is 6.64. The van der Waals surface area contributed by atoms with Crippen molar-refractivity contribution >= 4 is 52.2 Å². The van der Waals surface area contributed by atoms with Gasteiger partial charge in [-0.05, 0) is 37.7 Å². The Morgan fingerprint density at radius 1 is 1.00 bits per heavy atom. The first-order chi connectivity index (χ1) is 19.8. The summed E-state index contributed by atoms with van der Waals surface area (Å²) in [5.41, 5.74) is 0.976. The number of carbonyl (C=O) groups excluding carboxylic acids is 1. The second-order valence-corrected chi connectivity index (χ2v) is 10.3. The van der Waals surface area contributed by atoms with Gasteiger partial charge in [0, 0.05) is 57.6 Å². The molecule has 1 aliphatic rings. The number of halogens is 2. The van der Waals surface area contributed by atoms with Crippen molar-refractivity contribution in [1.82, 2.24) is 19.8 Å². The molecule has 0 spiro atoms. The maximum absolute atomic E-state index is 13.1. The molecule has 4 rings (SSSR count). The number of ether oxygens (including phenoxy) is 3. The van der Waals surface area contributed by atoms with E-state index in [4.69, 9.17) is 37.4 Å². The van der Waals surface area contributed by atoms with Crippen LogP contribution in [0.1, 0.15) is 6.42 Å². The van der Waals surface area contributed by atoms with E-state index in [0.717, 1.165) is 50.6 Å². The van der Waals surface area contributed by atoms with Gasteiger partial charge in [-0.1, -0.05) is 23.2 Å². The smallest absolute Gasteiger partial charge is 0.327 e. The molecule has 0 bridgehead atoms. The summed E-state index contributed by atoms with van der Waals surface area (Å²) < 4.78 is 16.4. The number of nitrogens with zero attached hydrogens (tertiary/aromatic N) is 5. The number of nitrogens with one attached hydrogen (secondary N) is 2. The van der Waals surface area contributed by atoms with E-state index in [0.29, 0.717) is 29.7 Å². The quantitative estimate of drug-likeness (QED) is 0.285. The molecule has 41 heavy (non-hydrogen) atoms. The van der Waals surface area contributed by atoms with Crippen LogP contribution >= 0.6 is 23.2 Å². The van der Waals surface area contributed by atoms with Crippen molar-refractivity contribution in [3.8, 4) is 17.2 Å². The summed E-state index contributed by atoms with van der Waals surface area (Å²) >= 11 is 12.8. The van der Waals surface area contributed by atoms with Crippen molar-refractivity contribution in [3.05, 3.63) is 52.8 Å². The fourth-order valence-corrected chi connectivity index (χ4v) is 4.82. The van der Waals surface area contributed by atoms with Crippen LogP contribution in [0.25, 0.3) is 0 Å². The summed E-state index contributed by atoms with van der Waals surface area (Å²) in [5, 5.41) is 6.22. The molecule has 11 nitrogen and oxygen atoms in total. The Hall–Kier alpha value is -3.51. The van der Waals surface area contributed by atoms with Gasteiger partial charge in [-0.2, -0.15) is 0 Å². The minimum atomic E-state index is -0.525. The van der Waals surface area contributed by atoms with E-state index in [9.17, 15) is 4.79 Å². The van der Waals surface area contributed by atoms with Crippen LogP contribution in [0.2, 0.25) is 10.0 Å². The van der Waals surface area contributed by atoms with Crippen LogP contribution in [0.4, 0.5) is 27.8 Å². The Bertz CT molecular complexity index is 1290. The highest BCUT2D eigenvalue weighted by molar-refractivity contribution is 6.41. The predicted molar refractivity (Wildman–Crippen MR) is 163 cm³/mol. The number of hydrogen-bond acceptors (Lipinski definition) is 9. The van der Waals surface area contributed by atoms with E-state index >= 15 is 0 Å². The minimum absolute atomic E-state index is 0.146. The Kier molecular flexibility index (Phi) is 10.7. The maximum atomic E-state index is 13.1. The average Bonchev–Trinajstić information content (AvgIpc) is 2.99. The van der Waals surface area contributed by atoms with Gasteiger partial charge >= 0.3 is 6.03 Å². The molecule has 1 aromatic heterocycles. The molecule has 0 aliphatic carbocycles. The van der Waals surface area contributed by atoms with Gasteiger partial charge in [0.25, 0.3) is 0 Å². The molecule has 0 unspecified atom stereocenters. The van der Waals surface area contributed by atoms with E-state index in [2.05, 4.69) is 37.4 Å². The lowest BCUT2D eigenvalue weighted by atomic mass is 10.2. The second-order valence-electron chi connectivity index (χ2n) is 9.53. The topological polar surface area (TPSA) is 104 Å². The van der Waals surface area contributed by atoms with E-state index in [-0.39, 0.29) is 15.7 Å². The van der Waals surface area contributed by atoms with Gasteiger partial charge in [-0.15, -0.1) is 0 Å². The first kappa shape index (κ1) is 30.4. The summed E-state index contributed by atoms with van der Waals surface area (Å²) in [5.74, 6) is 2.28. The number of aromatic nitrogens is 2. The largest absolute Gasteiger partial charge is 0.495 e. The first-order valence-electron chi connectivity index (χ1n) is 13.2. The zero-order valence-electron chi connectivity index (χ0n) is 23.6. The Morgan fingerprint density at radius 2 is 1.66 bits per heavy atom. The van der Waals surface area contributed by atoms with Crippen LogP contribution in [-0.4, -0.2) is 93.4 Å². The zero-order valence-corrected chi connectivity index (χ0v) is 25.1. The molecule has 0 saturated carbocycles. The normalized spacial score (nSPS) is 13.9. The highest BCUT2D eigenvalue weighted by Gasteiger charge is 2.22. The predicted octanol–water partition coefficient (Wildman–Crippen LogP) is 5.23. The molecule has 2 amide bonds. The zero-order chi connectivity index (χ0) is 29.4. The molecule has 220 valence electrons. The highest BCUT2D eigenvalue weighted by atomic mass is 35.5. The van der Waals surface area contributed by atoms with E-state index in [1.807, 2.05) is 24.3 Å². The molecule has 1 fully saturated rings. The molecule has 1 aliphatic heterocycles. The molecule has 2 N–H and O–H groups in total. The third kappa shape index (κ3) is 8.04. The van der Waals surface area contributed by atoms with Gasteiger partial charge in [-0.3, -0.25) is 4.90 Å². The van der Waals surface area contributed by atoms with Gasteiger partial charge in [0.05, 0.1) is 26.5 Å². The monoisotopic (exact) mass is 603 g/mol. The molecule has 13 heteroatoms. The number of methoxy groups -OCH3 is 2. The third-order valence-corrected chi connectivity index (χ3v) is 7.47. The van der Waals surface area contributed by atoms with Crippen molar-refractivity contribution < 1.29 is 19.0 Å². The molecule has 0 radical (unpaired) electrons. The standard InChI is InChI=1S/C28H35Cl2N7O4/c1-35-11-13-37(14-12-35)10-5-15-41-20-8-6-19(7-9-20)33-23-17-24(32-18-31-23)36(2)28(38)34-27-25(29)21(39-3)16-22(40-4)26(27)30/h6-9,16-18H,5,10-15H2,1-4H3,(H,34,38)(H,31,32,33). The lowest BCUT2D eigenvalue weighted by Crippen LogP contribution is -2.44. The number of carbonyl (C=O) groups is 1. The first-order valence-corrected chi connectivity index (χ1v) is 13.9. The van der Waals surface area contributed by atoms with Gasteiger partial charge in [0.1, 0.15) is 45.3 Å². The Balaban J connectivity index is 1.32. The third-order valence-electron chi connectivity index (χ3n) is 6.72. The molecule has 2 aromatic carbocycles. The van der Waals surface area contributed by atoms with Crippen molar-refractivity contribution in [2.45, 2.75) is 6.42 Å². The number of anilines is 4.